The van der Waals surface area contributed by atoms with E-state index in [1.54, 1.807) is 38.5 Å². The van der Waals surface area contributed by atoms with Crippen molar-refractivity contribution in [1.82, 2.24) is 4.90 Å². The van der Waals surface area contributed by atoms with Gasteiger partial charge in [-0.05, 0) is 67.4 Å². The fourth-order valence-corrected chi connectivity index (χ4v) is 3.80. The molecule has 4 rings (SSSR count). The molecule has 1 fully saturated rings. The van der Waals surface area contributed by atoms with Gasteiger partial charge >= 0.3 is 0 Å². The SMILES string of the molecule is COc1ccc(OC)c(C2CCCN2C(=O)c2ccc(-c3ccc(F)cc3)o2)c1. The summed E-state index contributed by atoms with van der Waals surface area (Å²) in [6.45, 7) is 0.635. The van der Waals surface area contributed by atoms with E-state index < -0.39 is 0 Å². The molecule has 0 spiro atoms. The smallest absolute Gasteiger partial charge is 0.290 e. The van der Waals surface area contributed by atoms with Crippen molar-refractivity contribution >= 4 is 5.91 Å². The fraction of sp³-hybridized carbons (Fsp3) is 0.261. The molecular weight excluding hydrogens is 373 g/mol. The first-order valence-corrected chi connectivity index (χ1v) is 9.49. The van der Waals surface area contributed by atoms with E-state index in [2.05, 4.69) is 0 Å². The molecule has 29 heavy (non-hydrogen) atoms. The van der Waals surface area contributed by atoms with Gasteiger partial charge in [-0.1, -0.05) is 0 Å². The maximum Gasteiger partial charge on any atom is 0.290 e. The van der Waals surface area contributed by atoms with E-state index >= 15 is 0 Å². The van der Waals surface area contributed by atoms with Gasteiger partial charge < -0.3 is 18.8 Å². The van der Waals surface area contributed by atoms with Gasteiger partial charge in [0.25, 0.3) is 5.91 Å². The summed E-state index contributed by atoms with van der Waals surface area (Å²) >= 11 is 0. The Balaban J connectivity index is 1.61. The van der Waals surface area contributed by atoms with Crippen LogP contribution in [-0.2, 0) is 0 Å². The summed E-state index contributed by atoms with van der Waals surface area (Å²) in [5.74, 6) is 1.74. The van der Waals surface area contributed by atoms with Crippen molar-refractivity contribution in [3.05, 3.63) is 71.7 Å². The van der Waals surface area contributed by atoms with E-state index in [4.69, 9.17) is 13.9 Å². The van der Waals surface area contributed by atoms with Crippen molar-refractivity contribution in [3.63, 3.8) is 0 Å². The summed E-state index contributed by atoms with van der Waals surface area (Å²) in [7, 11) is 3.23. The highest BCUT2D eigenvalue weighted by atomic mass is 19.1. The Bertz CT molecular complexity index is 1010. The minimum absolute atomic E-state index is 0.119. The van der Waals surface area contributed by atoms with Crippen LogP contribution in [0.4, 0.5) is 4.39 Å². The Kier molecular flexibility index (Phi) is 5.25. The van der Waals surface area contributed by atoms with Crippen LogP contribution >= 0.6 is 0 Å². The lowest BCUT2D eigenvalue weighted by atomic mass is 10.0. The quantitative estimate of drug-likeness (QED) is 0.605. The van der Waals surface area contributed by atoms with Crippen LogP contribution in [0.1, 0.15) is 35.0 Å². The molecule has 3 aromatic rings. The summed E-state index contributed by atoms with van der Waals surface area (Å²) in [5, 5.41) is 0. The van der Waals surface area contributed by atoms with Crippen LogP contribution in [-0.4, -0.2) is 31.6 Å². The molecule has 1 amide bonds. The zero-order chi connectivity index (χ0) is 20.4. The van der Waals surface area contributed by atoms with Gasteiger partial charge in [0.05, 0.1) is 20.3 Å². The number of ether oxygens (including phenoxy) is 2. The second kappa shape index (κ2) is 7.99. The first-order valence-electron chi connectivity index (χ1n) is 9.49. The second-order valence-electron chi connectivity index (χ2n) is 6.94. The number of methoxy groups -OCH3 is 2. The Morgan fingerprint density at radius 1 is 1.07 bits per heavy atom. The maximum atomic E-state index is 13.2. The normalized spacial score (nSPS) is 16.1. The molecule has 1 saturated heterocycles. The van der Waals surface area contributed by atoms with Crippen molar-refractivity contribution in [2.45, 2.75) is 18.9 Å². The van der Waals surface area contributed by atoms with E-state index in [1.165, 1.54) is 12.1 Å². The Morgan fingerprint density at radius 3 is 2.59 bits per heavy atom. The number of nitrogens with zero attached hydrogens (tertiary/aromatic N) is 1. The van der Waals surface area contributed by atoms with Crippen LogP contribution in [0.2, 0.25) is 0 Å². The minimum atomic E-state index is -0.316. The van der Waals surface area contributed by atoms with Crippen LogP contribution in [0.15, 0.2) is 59.0 Å². The highest BCUT2D eigenvalue weighted by molar-refractivity contribution is 5.92. The van der Waals surface area contributed by atoms with E-state index in [9.17, 15) is 9.18 Å². The third-order valence-corrected chi connectivity index (χ3v) is 5.26. The number of carbonyl (C=O) groups excluding carboxylic acids is 1. The fourth-order valence-electron chi connectivity index (χ4n) is 3.80. The predicted molar refractivity (Wildman–Crippen MR) is 107 cm³/mol. The standard InChI is InChI=1S/C23H22FNO4/c1-27-17-9-10-21(28-2)18(14-17)19-4-3-13-25(19)23(26)22-12-11-20(29-22)15-5-7-16(24)8-6-15/h5-12,14,19H,3-4,13H2,1-2H3. The van der Waals surface area contributed by atoms with Gasteiger partial charge in [0.1, 0.15) is 23.1 Å². The van der Waals surface area contributed by atoms with Gasteiger partial charge in [-0.15, -0.1) is 0 Å². The summed E-state index contributed by atoms with van der Waals surface area (Å²) in [6.07, 6.45) is 1.73. The van der Waals surface area contributed by atoms with E-state index in [1.807, 2.05) is 23.1 Å². The van der Waals surface area contributed by atoms with Gasteiger partial charge in [0.2, 0.25) is 0 Å². The highest BCUT2D eigenvalue weighted by Gasteiger charge is 2.34. The van der Waals surface area contributed by atoms with E-state index in [0.29, 0.717) is 12.3 Å². The Morgan fingerprint density at radius 2 is 1.86 bits per heavy atom. The van der Waals surface area contributed by atoms with Gasteiger partial charge in [0, 0.05) is 17.7 Å². The number of carbonyl (C=O) groups is 1. The van der Waals surface area contributed by atoms with Crippen molar-refractivity contribution in [2.24, 2.45) is 0 Å². The van der Waals surface area contributed by atoms with E-state index in [-0.39, 0.29) is 23.5 Å². The highest BCUT2D eigenvalue weighted by Crippen LogP contribution is 2.40. The summed E-state index contributed by atoms with van der Waals surface area (Å²) in [6, 6.07) is 14.9. The Labute approximate surface area is 168 Å². The number of hydrogen-bond donors (Lipinski definition) is 0. The van der Waals surface area contributed by atoms with Gasteiger partial charge in [-0.3, -0.25) is 4.79 Å². The molecule has 0 radical (unpaired) electrons. The van der Waals surface area contributed by atoms with Crippen molar-refractivity contribution < 1.29 is 23.1 Å². The molecule has 2 aromatic carbocycles. The molecule has 6 heteroatoms. The van der Waals surface area contributed by atoms with Crippen LogP contribution in [0.3, 0.4) is 0 Å². The maximum absolute atomic E-state index is 13.2. The molecule has 0 saturated carbocycles. The largest absolute Gasteiger partial charge is 0.497 e. The molecular formula is C23H22FNO4. The number of furan rings is 1. The monoisotopic (exact) mass is 395 g/mol. The summed E-state index contributed by atoms with van der Waals surface area (Å²) in [4.78, 5) is 15.0. The number of hydrogen-bond acceptors (Lipinski definition) is 4. The molecule has 5 nitrogen and oxygen atoms in total. The summed E-state index contributed by atoms with van der Waals surface area (Å²) < 4.78 is 29.8. The van der Waals surface area contributed by atoms with Gasteiger partial charge in [0.15, 0.2) is 5.76 Å². The number of rotatable bonds is 5. The zero-order valence-electron chi connectivity index (χ0n) is 16.4. The topological polar surface area (TPSA) is 51.9 Å². The number of benzene rings is 2. The average molecular weight is 395 g/mol. The van der Waals surface area contributed by atoms with Crippen LogP contribution in [0.25, 0.3) is 11.3 Å². The average Bonchev–Trinajstić information content (AvgIpc) is 3.43. The second-order valence-corrected chi connectivity index (χ2v) is 6.94. The molecule has 1 aliphatic rings. The lowest BCUT2D eigenvalue weighted by molar-refractivity contribution is 0.0702. The van der Waals surface area contributed by atoms with Gasteiger partial charge in [-0.25, -0.2) is 4.39 Å². The van der Waals surface area contributed by atoms with E-state index in [0.717, 1.165) is 35.5 Å². The first-order chi connectivity index (χ1) is 14.1. The molecule has 2 heterocycles. The van der Waals surface area contributed by atoms with Crippen LogP contribution < -0.4 is 9.47 Å². The number of likely N-dealkylation sites (tertiary alicyclic amines) is 1. The molecule has 1 aromatic heterocycles. The molecule has 1 aliphatic heterocycles. The molecule has 0 bridgehead atoms. The minimum Gasteiger partial charge on any atom is -0.497 e. The molecule has 150 valence electrons. The lowest BCUT2D eigenvalue weighted by Gasteiger charge is -2.26. The van der Waals surface area contributed by atoms with Gasteiger partial charge in [-0.2, -0.15) is 0 Å². The molecule has 1 atom stereocenters. The number of amides is 1. The van der Waals surface area contributed by atoms with Crippen molar-refractivity contribution in [2.75, 3.05) is 20.8 Å². The van der Waals surface area contributed by atoms with Crippen LogP contribution in [0.5, 0.6) is 11.5 Å². The first kappa shape index (κ1) is 19.1. The van der Waals surface area contributed by atoms with Crippen LogP contribution in [0, 0.1) is 5.82 Å². The third kappa shape index (κ3) is 3.70. The molecule has 0 N–H and O–H groups in total. The lowest BCUT2D eigenvalue weighted by Crippen LogP contribution is -2.30. The zero-order valence-corrected chi connectivity index (χ0v) is 16.4. The number of halogens is 1. The predicted octanol–water partition coefficient (Wildman–Crippen LogP) is 5.08. The van der Waals surface area contributed by atoms with Crippen molar-refractivity contribution in [3.8, 4) is 22.8 Å². The third-order valence-electron chi connectivity index (χ3n) is 5.26. The Hall–Kier alpha value is -3.28. The molecule has 0 aliphatic carbocycles. The summed E-state index contributed by atoms with van der Waals surface area (Å²) in [5.41, 5.74) is 1.64. The van der Waals surface area contributed by atoms with Crippen molar-refractivity contribution in [1.29, 1.82) is 0 Å². The molecule has 1 unspecified atom stereocenters.